The average Bonchev–Trinajstić information content (AvgIpc) is 2.71. The van der Waals surface area contributed by atoms with Crippen LogP contribution in [0.4, 0.5) is 0 Å². The van der Waals surface area contributed by atoms with E-state index in [2.05, 4.69) is 86.9 Å². The van der Waals surface area contributed by atoms with Crippen LogP contribution in [0.15, 0.2) is 65.2 Å². The van der Waals surface area contributed by atoms with E-state index in [4.69, 9.17) is 0 Å². The molecule has 2 aliphatic carbocycles. The zero-order valence-electron chi connectivity index (χ0n) is 9.19. The fourth-order valence-electron chi connectivity index (χ4n) is 1.44. The third-order valence-corrected chi connectivity index (χ3v) is 3.54. The number of hydrogen-bond donors (Lipinski definition) is 0. The molecule has 0 aliphatic heterocycles. The Hall–Kier alpha value is -0.584. The van der Waals surface area contributed by atoms with Gasteiger partial charge in [-0.15, -0.1) is 0 Å². The van der Waals surface area contributed by atoms with Gasteiger partial charge in [0.1, 0.15) is 0 Å². The van der Waals surface area contributed by atoms with Crippen molar-refractivity contribution in [2.45, 2.75) is 6.42 Å². The quantitative estimate of drug-likeness (QED) is 0.626. The number of halogens is 1. The van der Waals surface area contributed by atoms with Crippen LogP contribution in [0.1, 0.15) is 12.0 Å². The van der Waals surface area contributed by atoms with E-state index >= 15 is 0 Å². The summed E-state index contributed by atoms with van der Waals surface area (Å²) in [4.78, 5) is 0. The van der Waals surface area contributed by atoms with Crippen molar-refractivity contribution >= 4 is 28.2 Å². The summed E-state index contributed by atoms with van der Waals surface area (Å²) in [6.07, 6.45) is 13.4. The standard InChI is InChI=1S/C10H7I.C5H5.Co/c11-10-6-4-9(5-7-10)8-2-1-3-8;1-2-4-5-3-1;/h1-7H;1-3H,4H2;. The van der Waals surface area contributed by atoms with Crippen molar-refractivity contribution in [2.75, 3.05) is 0 Å². The van der Waals surface area contributed by atoms with Crippen molar-refractivity contribution in [1.82, 2.24) is 0 Å². The first-order valence-corrected chi connectivity index (χ1v) is 6.99. The van der Waals surface area contributed by atoms with Crippen LogP contribution >= 0.6 is 22.6 Å². The van der Waals surface area contributed by atoms with Gasteiger partial charge >= 0.3 is 44.9 Å². The van der Waals surface area contributed by atoms with Crippen LogP contribution in [0.3, 0.4) is 0 Å². The van der Waals surface area contributed by atoms with E-state index < -0.39 is 0 Å². The summed E-state index contributed by atoms with van der Waals surface area (Å²) in [5.74, 6) is 0. The van der Waals surface area contributed by atoms with Crippen LogP contribution in [0, 0.1) is 3.57 Å². The van der Waals surface area contributed by atoms with E-state index in [1.54, 1.807) is 0 Å². The molecule has 0 aromatic heterocycles. The molecule has 0 N–H and O–H groups in total. The van der Waals surface area contributed by atoms with Crippen molar-refractivity contribution in [3.63, 3.8) is 0 Å². The summed E-state index contributed by atoms with van der Waals surface area (Å²) in [5.41, 5.74) is 2.65. The Labute approximate surface area is 124 Å². The first kappa shape index (κ1) is 12.9. The molecule has 0 nitrogen and oxygen atoms in total. The van der Waals surface area contributed by atoms with Gasteiger partial charge in [0.2, 0.25) is 0 Å². The minimum atomic E-state index is 1.03. The third kappa shape index (κ3) is 3.98. The summed E-state index contributed by atoms with van der Waals surface area (Å²) in [7, 11) is 0. The fourth-order valence-corrected chi connectivity index (χ4v) is 2.02. The van der Waals surface area contributed by atoms with Gasteiger partial charge in [0.05, 0.1) is 0 Å². The van der Waals surface area contributed by atoms with E-state index in [1.807, 2.05) is 12.2 Å². The van der Waals surface area contributed by atoms with Crippen molar-refractivity contribution in [1.29, 1.82) is 0 Å². The maximum atomic E-state index is 4.14. The molecule has 0 amide bonds. The molecule has 0 unspecified atom stereocenters. The summed E-state index contributed by atoms with van der Waals surface area (Å²) in [6.45, 7) is 0. The molecule has 0 atom stereocenters. The topological polar surface area (TPSA) is 0 Å². The predicted molar refractivity (Wildman–Crippen MR) is 78.1 cm³/mol. The monoisotopic (exact) mass is 378 g/mol. The molecule has 0 heterocycles. The molecular formula is C15H12CoI. The van der Waals surface area contributed by atoms with Gasteiger partial charge in [-0.2, -0.15) is 0 Å². The first-order valence-electron chi connectivity index (χ1n) is 5.39. The molecular weight excluding hydrogens is 366 g/mol. The zero-order chi connectivity index (χ0) is 12.1. The molecule has 1 aromatic carbocycles. The molecule has 2 aliphatic rings. The van der Waals surface area contributed by atoms with E-state index in [9.17, 15) is 0 Å². The molecule has 88 valence electrons. The predicted octanol–water partition coefficient (Wildman–Crippen LogP) is 4.62. The first-order chi connectivity index (χ1) is 8.25. The Balaban J connectivity index is 0.000000153. The second-order valence-electron chi connectivity index (χ2n) is 3.71. The number of benzene rings is 1. The fraction of sp³-hybridized carbons (Fsp3) is 0.0667. The molecule has 0 radical (unpaired) electrons. The van der Waals surface area contributed by atoms with Crippen LogP contribution in [0.2, 0.25) is 0 Å². The van der Waals surface area contributed by atoms with Gasteiger partial charge < -0.3 is 0 Å². The van der Waals surface area contributed by atoms with Gasteiger partial charge in [-0.3, -0.25) is 0 Å². The molecule has 17 heavy (non-hydrogen) atoms. The Bertz CT molecular complexity index is 504. The van der Waals surface area contributed by atoms with Crippen molar-refractivity contribution in [3.8, 4) is 0 Å². The van der Waals surface area contributed by atoms with Crippen LogP contribution in [0.5, 0.6) is 0 Å². The van der Waals surface area contributed by atoms with Crippen molar-refractivity contribution < 1.29 is 15.7 Å². The summed E-state index contributed by atoms with van der Waals surface area (Å²) in [5, 5.41) is 0. The van der Waals surface area contributed by atoms with Crippen LogP contribution < -0.4 is 0 Å². The Morgan fingerprint density at radius 1 is 1.00 bits per heavy atom. The van der Waals surface area contributed by atoms with E-state index in [1.165, 1.54) is 14.7 Å². The van der Waals surface area contributed by atoms with Gasteiger partial charge in [0, 0.05) is 3.57 Å². The van der Waals surface area contributed by atoms with E-state index in [0.717, 1.165) is 10.9 Å². The second-order valence-corrected chi connectivity index (χ2v) is 5.62. The van der Waals surface area contributed by atoms with Gasteiger partial charge in [-0.1, -0.05) is 30.4 Å². The zero-order valence-corrected chi connectivity index (χ0v) is 12.4. The van der Waals surface area contributed by atoms with Crippen molar-refractivity contribution in [3.05, 3.63) is 74.4 Å². The molecule has 0 saturated heterocycles. The van der Waals surface area contributed by atoms with Gasteiger partial charge in [-0.25, -0.2) is 0 Å². The van der Waals surface area contributed by atoms with Gasteiger partial charge in [-0.05, 0) is 45.9 Å². The normalized spacial score (nSPS) is 15.7. The number of allylic oxidation sites excluding steroid dienone is 8. The second kappa shape index (κ2) is 6.38. The minimum absolute atomic E-state index is 1.03. The maximum absolute atomic E-state index is 4.14. The van der Waals surface area contributed by atoms with Crippen LogP contribution in [-0.2, 0) is 15.7 Å². The van der Waals surface area contributed by atoms with Crippen LogP contribution in [0.25, 0.3) is 5.57 Å². The summed E-state index contributed by atoms with van der Waals surface area (Å²) >= 11 is 6.45. The van der Waals surface area contributed by atoms with Crippen molar-refractivity contribution in [2.24, 2.45) is 0 Å². The molecule has 1 aromatic rings. The molecule has 0 fully saturated rings. The van der Waals surface area contributed by atoms with Crippen LogP contribution in [-0.4, -0.2) is 0 Å². The summed E-state index contributed by atoms with van der Waals surface area (Å²) in [6, 6.07) is 8.56. The SMILES string of the molecule is Ic1ccc(C2=CC=C2)cc1.[Co][C]1=CC=CC1. The number of hydrogen-bond acceptors (Lipinski definition) is 0. The molecule has 0 saturated carbocycles. The van der Waals surface area contributed by atoms with E-state index in [-0.39, 0.29) is 0 Å². The molecule has 2 heteroatoms. The van der Waals surface area contributed by atoms with Gasteiger partial charge in [0.15, 0.2) is 0 Å². The Morgan fingerprint density at radius 2 is 1.71 bits per heavy atom. The average molecular weight is 378 g/mol. The molecule has 0 spiro atoms. The number of rotatable bonds is 1. The Kier molecular flexibility index (Phi) is 4.82. The summed E-state index contributed by atoms with van der Waals surface area (Å²) < 4.78 is 2.44. The Morgan fingerprint density at radius 3 is 2.06 bits per heavy atom. The third-order valence-electron chi connectivity index (χ3n) is 2.44. The van der Waals surface area contributed by atoms with E-state index in [0.29, 0.717) is 0 Å². The molecule has 3 rings (SSSR count). The molecule has 0 bridgehead atoms. The van der Waals surface area contributed by atoms with Gasteiger partial charge in [0.25, 0.3) is 0 Å².